The molecule has 118 valence electrons. The zero-order valence-electron chi connectivity index (χ0n) is 13.2. The smallest absolute Gasteiger partial charge is 0.314 e. The van der Waals surface area contributed by atoms with E-state index < -0.39 is 5.60 Å². The van der Waals surface area contributed by atoms with Crippen LogP contribution in [0.4, 0.5) is 4.79 Å². The fourth-order valence-electron chi connectivity index (χ4n) is 2.73. The number of nitrogens with one attached hydrogen (secondary N) is 2. The maximum Gasteiger partial charge on any atom is 0.314 e. The van der Waals surface area contributed by atoms with Crippen LogP contribution in [0.1, 0.15) is 51.1 Å². The van der Waals surface area contributed by atoms with E-state index in [2.05, 4.69) is 17.6 Å². The summed E-state index contributed by atoms with van der Waals surface area (Å²) in [4.78, 5) is 11.9. The van der Waals surface area contributed by atoms with Gasteiger partial charge in [-0.2, -0.15) is 0 Å². The van der Waals surface area contributed by atoms with E-state index in [0.29, 0.717) is 12.3 Å². The van der Waals surface area contributed by atoms with Gasteiger partial charge in [0, 0.05) is 6.54 Å². The molecular weight excluding hydrogens is 268 g/mol. The molecule has 2 amide bonds. The van der Waals surface area contributed by atoms with E-state index in [-0.39, 0.29) is 18.0 Å². The molecule has 1 unspecified atom stereocenters. The topological polar surface area (TPSA) is 74.5 Å². The number of rotatable bonds is 6. The molecule has 1 aliphatic rings. The first-order chi connectivity index (χ1) is 9.87. The van der Waals surface area contributed by atoms with Crippen molar-refractivity contribution in [3.63, 3.8) is 0 Å². The van der Waals surface area contributed by atoms with E-state index in [1.54, 1.807) is 19.1 Å². The number of hydrogen-bond acceptors (Lipinski definition) is 3. The van der Waals surface area contributed by atoms with Gasteiger partial charge >= 0.3 is 6.03 Å². The summed E-state index contributed by atoms with van der Waals surface area (Å²) in [6, 6.07) is 3.29. The van der Waals surface area contributed by atoms with Crippen LogP contribution in [0.15, 0.2) is 16.5 Å². The van der Waals surface area contributed by atoms with Crippen molar-refractivity contribution >= 4 is 6.03 Å². The highest BCUT2D eigenvalue weighted by Gasteiger charge is 2.35. The normalized spacial score (nSPS) is 19.4. The molecule has 1 aromatic rings. The SMILES string of the molecule is CCC1(CNC(=O)NCC(C)(O)c2ccc(C)o2)CCC1. The van der Waals surface area contributed by atoms with Crippen molar-refractivity contribution in [2.24, 2.45) is 5.41 Å². The second-order valence-electron chi connectivity index (χ2n) is 6.43. The summed E-state index contributed by atoms with van der Waals surface area (Å²) in [6.45, 7) is 6.44. The van der Waals surface area contributed by atoms with Gasteiger partial charge in [-0.15, -0.1) is 0 Å². The van der Waals surface area contributed by atoms with Crippen LogP contribution in [0.3, 0.4) is 0 Å². The number of hydrogen-bond donors (Lipinski definition) is 3. The van der Waals surface area contributed by atoms with Crippen molar-refractivity contribution in [1.82, 2.24) is 10.6 Å². The molecule has 5 nitrogen and oxygen atoms in total. The van der Waals surface area contributed by atoms with Crippen LogP contribution in [0, 0.1) is 12.3 Å². The minimum absolute atomic E-state index is 0.116. The lowest BCUT2D eigenvalue weighted by molar-refractivity contribution is 0.0357. The molecule has 1 fully saturated rings. The molecule has 0 bridgehead atoms. The molecule has 5 heteroatoms. The van der Waals surface area contributed by atoms with E-state index in [4.69, 9.17) is 4.42 Å². The van der Waals surface area contributed by atoms with Crippen LogP contribution in [0.25, 0.3) is 0 Å². The largest absolute Gasteiger partial charge is 0.463 e. The molecule has 21 heavy (non-hydrogen) atoms. The minimum Gasteiger partial charge on any atom is -0.463 e. The van der Waals surface area contributed by atoms with Gasteiger partial charge in [0.1, 0.15) is 17.1 Å². The fraction of sp³-hybridized carbons (Fsp3) is 0.688. The number of aliphatic hydroxyl groups is 1. The van der Waals surface area contributed by atoms with Crippen molar-refractivity contribution in [2.45, 2.75) is 52.1 Å². The van der Waals surface area contributed by atoms with Gasteiger partial charge in [-0.25, -0.2) is 4.79 Å². The Kier molecular flexibility index (Phi) is 4.61. The third-order valence-electron chi connectivity index (χ3n) is 4.65. The predicted octanol–water partition coefficient (Wildman–Crippen LogP) is 2.68. The summed E-state index contributed by atoms with van der Waals surface area (Å²) >= 11 is 0. The van der Waals surface area contributed by atoms with E-state index in [9.17, 15) is 9.90 Å². The van der Waals surface area contributed by atoms with Gasteiger partial charge in [0.2, 0.25) is 0 Å². The summed E-state index contributed by atoms with van der Waals surface area (Å²) in [5, 5.41) is 16.0. The molecule has 1 atom stereocenters. The Bertz CT molecular complexity index is 484. The van der Waals surface area contributed by atoms with Gasteiger partial charge in [-0.05, 0) is 50.7 Å². The Morgan fingerprint density at radius 1 is 1.43 bits per heavy atom. The molecule has 1 aromatic heterocycles. The summed E-state index contributed by atoms with van der Waals surface area (Å²) < 4.78 is 5.42. The fourth-order valence-corrected chi connectivity index (χ4v) is 2.73. The monoisotopic (exact) mass is 294 g/mol. The van der Waals surface area contributed by atoms with E-state index in [1.165, 1.54) is 19.3 Å². The van der Waals surface area contributed by atoms with Gasteiger partial charge in [-0.3, -0.25) is 0 Å². The Labute approximate surface area is 126 Å². The third-order valence-corrected chi connectivity index (χ3v) is 4.65. The number of amides is 2. The highest BCUT2D eigenvalue weighted by molar-refractivity contribution is 5.74. The van der Waals surface area contributed by atoms with Crippen LogP contribution in [0.2, 0.25) is 0 Å². The van der Waals surface area contributed by atoms with Gasteiger partial charge in [-0.1, -0.05) is 13.3 Å². The van der Waals surface area contributed by atoms with Crippen molar-refractivity contribution in [2.75, 3.05) is 13.1 Å². The predicted molar refractivity (Wildman–Crippen MR) is 81.0 cm³/mol. The Balaban J connectivity index is 1.78. The molecular formula is C16H26N2O3. The second kappa shape index (κ2) is 6.10. The van der Waals surface area contributed by atoms with Crippen molar-refractivity contribution in [3.05, 3.63) is 23.7 Å². The average Bonchev–Trinajstić information content (AvgIpc) is 2.83. The molecule has 1 aliphatic carbocycles. The van der Waals surface area contributed by atoms with Crippen LogP contribution < -0.4 is 10.6 Å². The summed E-state index contributed by atoms with van der Waals surface area (Å²) in [7, 11) is 0. The average molecular weight is 294 g/mol. The van der Waals surface area contributed by atoms with Gasteiger partial charge in [0.25, 0.3) is 0 Å². The molecule has 0 aliphatic heterocycles. The third kappa shape index (κ3) is 3.79. The van der Waals surface area contributed by atoms with Crippen LogP contribution in [-0.4, -0.2) is 24.2 Å². The van der Waals surface area contributed by atoms with Crippen molar-refractivity contribution < 1.29 is 14.3 Å². The quantitative estimate of drug-likeness (QED) is 0.755. The minimum atomic E-state index is -1.20. The number of urea groups is 1. The molecule has 2 rings (SSSR count). The van der Waals surface area contributed by atoms with E-state index in [0.717, 1.165) is 12.2 Å². The van der Waals surface area contributed by atoms with E-state index >= 15 is 0 Å². The van der Waals surface area contributed by atoms with Crippen molar-refractivity contribution in [1.29, 1.82) is 0 Å². The number of carbonyl (C=O) groups excluding carboxylic acids is 1. The first-order valence-electron chi connectivity index (χ1n) is 7.68. The molecule has 0 aromatic carbocycles. The van der Waals surface area contributed by atoms with Gasteiger partial charge in [0.15, 0.2) is 0 Å². The molecule has 3 N–H and O–H groups in total. The lowest BCUT2D eigenvalue weighted by Crippen LogP contribution is -2.48. The Morgan fingerprint density at radius 2 is 2.14 bits per heavy atom. The zero-order chi connectivity index (χ0) is 15.5. The first kappa shape index (κ1) is 15.9. The summed E-state index contributed by atoms with van der Waals surface area (Å²) in [5.41, 5.74) is -0.914. The Hall–Kier alpha value is -1.49. The summed E-state index contributed by atoms with van der Waals surface area (Å²) in [5.74, 6) is 1.20. The molecule has 1 heterocycles. The van der Waals surface area contributed by atoms with Crippen molar-refractivity contribution in [3.8, 4) is 0 Å². The number of carbonyl (C=O) groups is 1. The Morgan fingerprint density at radius 3 is 2.62 bits per heavy atom. The summed E-state index contributed by atoms with van der Waals surface area (Å²) in [6.07, 6.45) is 4.72. The maximum atomic E-state index is 11.9. The highest BCUT2D eigenvalue weighted by Crippen LogP contribution is 2.42. The lowest BCUT2D eigenvalue weighted by Gasteiger charge is -2.41. The standard InChI is InChI=1S/C16H26N2O3/c1-4-16(8-5-9-16)11-18-14(19)17-10-15(3,20)13-7-6-12(2)21-13/h6-7,20H,4-5,8-11H2,1-3H3,(H2,17,18,19). The van der Waals surface area contributed by atoms with Crippen LogP contribution in [0.5, 0.6) is 0 Å². The van der Waals surface area contributed by atoms with Gasteiger partial charge < -0.3 is 20.2 Å². The highest BCUT2D eigenvalue weighted by atomic mass is 16.4. The molecule has 0 saturated heterocycles. The molecule has 1 saturated carbocycles. The van der Waals surface area contributed by atoms with Crippen LogP contribution >= 0.6 is 0 Å². The lowest BCUT2D eigenvalue weighted by atomic mass is 9.67. The number of aryl methyl sites for hydroxylation is 1. The zero-order valence-corrected chi connectivity index (χ0v) is 13.2. The maximum absolute atomic E-state index is 11.9. The molecule has 0 radical (unpaired) electrons. The number of furan rings is 1. The molecule has 0 spiro atoms. The van der Waals surface area contributed by atoms with Crippen LogP contribution in [-0.2, 0) is 5.60 Å². The second-order valence-corrected chi connectivity index (χ2v) is 6.43. The van der Waals surface area contributed by atoms with E-state index in [1.807, 2.05) is 6.92 Å². The first-order valence-corrected chi connectivity index (χ1v) is 7.68. The van der Waals surface area contributed by atoms with Gasteiger partial charge in [0.05, 0.1) is 6.54 Å².